The molecule has 24 heavy (non-hydrogen) atoms. The summed E-state index contributed by atoms with van der Waals surface area (Å²) in [7, 11) is 0. The fraction of sp³-hybridized carbons (Fsp3) is 0.167. The average molecular weight is 342 g/mol. The molecule has 3 rings (SSSR count). The summed E-state index contributed by atoms with van der Waals surface area (Å²) in [5.74, 6) is -1.62. The second-order valence-electron chi connectivity index (χ2n) is 5.72. The number of aromatic nitrogens is 2. The Morgan fingerprint density at radius 3 is 2.62 bits per heavy atom. The van der Waals surface area contributed by atoms with E-state index in [-0.39, 0.29) is 23.6 Å². The predicted octanol–water partition coefficient (Wildman–Crippen LogP) is 2.36. The van der Waals surface area contributed by atoms with E-state index in [0.29, 0.717) is 21.5 Å². The van der Waals surface area contributed by atoms with Crippen molar-refractivity contribution in [2.24, 2.45) is 0 Å². The Kier molecular flexibility index (Phi) is 4.11. The minimum absolute atomic E-state index is 0.203. The van der Waals surface area contributed by atoms with Crippen molar-refractivity contribution in [1.82, 2.24) is 9.97 Å². The highest BCUT2D eigenvalue weighted by Gasteiger charge is 2.21. The van der Waals surface area contributed by atoms with Crippen LogP contribution in [0, 0.1) is 13.8 Å². The van der Waals surface area contributed by atoms with Gasteiger partial charge in [0.1, 0.15) is 5.69 Å². The SMILES string of the molecule is Cc1cc(C)nc(C(=O)c2[nH]c3ccc(Cl)cc3c2CC(=O)[O-])c1. The lowest BCUT2D eigenvalue weighted by molar-refractivity contribution is -0.304. The number of H-pyrrole nitrogens is 1. The highest BCUT2D eigenvalue weighted by atomic mass is 35.5. The molecule has 0 unspecified atom stereocenters. The monoisotopic (exact) mass is 341 g/mol. The van der Waals surface area contributed by atoms with E-state index in [2.05, 4.69) is 9.97 Å². The number of nitrogens with zero attached hydrogens (tertiary/aromatic N) is 1. The Balaban J connectivity index is 2.20. The summed E-state index contributed by atoms with van der Waals surface area (Å²) in [6.07, 6.45) is -0.383. The van der Waals surface area contributed by atoms with Crippen LogP contribution >= 0.6 is 11.6 Å². The number of carbonyl (C=O) groups excluding carboxylic acids is 2. The summed E-state index contributed by atoms with van der Waals surface area (Å²) in [5, 5.41) is 12.2. The second kappa shape index (κ2) is 6.09. The Hall–Kier alpha value is -2.66. The maximum atomic E-state index is 12.9. The van der Waals surface area contributed by atoms with Crippen LogP contribution in [0.3, 0.4) is 0 Å². The summed E-state index contributed by atoms with van der Waals surface area (Å²) in [4.78, 5) is 31.3. The van der Waals surface area contributed by atoms with E-state index >= 15 is 0 Å². The van der Waals surface area contributed by atoms with Crippen molar-refractivity contribution < 1.29 is 14.7 Å². The maximum Gasteiger partial charge on any atom is 0.227 e. The lowest BCUT2D eigenvalue weighted by atomic mass is 10.0. The zero-order chi connectivity index (χ0) is 17.4. The van der Waals surface area contributed by atoms with Crippen molar-refractivity contribution in [3.05, 3.63) is 63.6 Å². The van der Waals surface area contributed by atoms with E-state index in [4.69, 9.17) is 11.6 Å². The van der Waals surface area contributed by atoms with Gasteiger partial charge in [-0.25, -0.2) is 4.98 Å². The molecule has 0 spiro atoms. The van der Waals surface area contributed by atoms with Gasteiger partial charge in [-0.2, -0.15) is 0 Å². The number of nitrogens with one attached hydrogen (secondary N) is 1. The number of ketones is 1. The molecule has 0 aliphatic carbocycles. The number of fused-ring (bicyclic) bond motifs is 1. The molecule has 0 aliphatic heterocycles. The number of rotatable bonds is 4. The summed E-state index contributed by atoms with van der Waals surface area (Å²) < 4.78 is 0. The second-order valence-corrected chi connectivity index (χ2v) is 6.15. The molecule has 1 N–H and O–H groups in total. The van der Waals surface area contributed by atoms with E-state index in [0.717, 1.165) is 11.3 Å². The van der Waals surface area contributed by atoms with E-state index < -0.39 is 5.97 Å². The third kappa shape index (κ3) is 3.03. The largest absolute Gasteiger partial charge is 0.550 e. The van der Waals surface area contributed by atoms with Crippen LogP contribution in [0.4, 0.5) is 0 Å². The van der Waals surface area contributed by atoms with Crippen LogP contribution in [0.2, 0.25) is 5.02 Å². The molecule has 0 amide bonds. The van der Waals surface area contributed by atoms with Gasteiger partial charge in [0.25, 0.3) is 0 Å². The third-order valence-corrected chi connectivity index (χ3v) is 3.98. The molecule has 2 heterocycles. The van der Waals surface area contributed by atoms with Gasteiger partial charge >= 0.3 is 0 Å². The van der Waals surface area contributed by atoms with Gasteiger partial charge in [0, 0.05) is 34.0 Å². The number of carboxylic acids is 1. The number of aromatic amines is 1. The molecule has 1 aromatic carbocycles. The predicted molar refractivity (Wildman–Crippen MR) is 89.2 cm³/mol. The first-order valence-electron chi connectivity index (χ1n) is 7.35. The van der Waals surface area contributed by atoms with Crippen molar-refractivity contribution in [3.63, 3.8) is 0 Å². The molecule has 3 aromatic rings. The topological polar surface area (TPSA) is 85.9 Å². The first-order valence-corrected chi connectivity index (χ1v) is 7.73. The number of aryl methyl sites for hydroxylation is 2. The van der Waals surface area contributed by atoms with Gasteiger partial charge in [-0.1, -0.05) is 11.6 Å². The van der Waals surface area contributed by atoms with Gasteiger partial charge in [-0.3, -0.25) is 4.79 Å². The van der Waals surface area contributed by atoms with Crippen LogP contribution in [0.1, 0.15) is 33.0 Å². The van der Waals surface area contributed by atoms with Crippen LogP contribution in [0.5, 0.6) is 0 Å². The fourth-order valence-corrected chi connectivity index (χ4v) is 3.00. The van der Waals surface area contributed by atoms with Crippen LogP contribution in [-0.4, -0.2) is 21.7 Å². The van der Waals surface area contributed by atoms with Crippen LogP contribution in [0.25, 0.3) is 10.9 Å². The lowest BCUT2D eigenvalue weighted by Crippen LogP contribution is -2.25. The number of hydrogen-bond donors (Lipinski definition) is 1. The van der Waals surface area contributed by atoms with Gasteiger partial charge in [0.2, 0.25) is 5.78 Å². The van der Waals surface area contributed by atoms with Crippen molar-refractivity contribution in [1.29, 1.82) is 0 Å². The molecule has 0 saturated heterocycles. The van der Waals surface area contributed by atoms with Gasteiger partial charge in [0.15, 0.2) is 0 Å². The van der Waals surface area contributed by atoms with Gasteiger partial charge in [-0.05, 0) is 55.3 Å². The molecule has 5 nitrogen and oxygen atoms in total. The standard InChI is InChI=1S/C18H15ClN2O3/c1-9-5-10(2)20-15(6-9)18(24)17-13(8-16(22)23)12-7-11(19)3-4-14(12)21-17/h3-7,21H,8H2,1-2H3,(H,22,23)/p-1. The molecule has 0 radical (unpaired) electrons. The highest BCUT2D eigenvalue weighted by molar-refractivity contribution is 6.31. The molecule has 0 atom stereocenters. The van der Waals surface area contributed by atoms with E-state index in [1.807, 2.05) is 13.0 Å². The molecule has 0 aliphatic rings. The Morgan fingerprint density at radius 1 is 1.21 bits per heavy atom. The number of carboxylic acid groups (broad SMARTS) is 1. The molecular formula is C18H14ClN2O3-. The minimum Gasteiger partial charge on any atom is -0.550 e. The fourth-order valence-electron chi connectivity index (χ4n) is 2.83. The average Bonchev–Trinajstić information content (AvgIpc) is 2.83. The number of halogens is 1. The molecule has 0 bridgehead atoms. The smallest absolute Gasteiger partial charge is 0.227 e. The maximum absolute atomic E-state index is 12.9. The molecule has 122 valence electrons. The van der Waals surface area contributed by atoms with Crippen LogP contribution < -0.4 is 5.11 Å². The summed E-state index contributed by atoms with van der Waals surface area (Å²) >= 11 is 6.00. The third-order valence-electron chi connectivity index (χ3n) is 3.75. The first kappa shape index (κ1) is 16.2. The first-order chi connectivity index (χ1) is 11.3. The number of hydrogen-bond acceptors (Lipinski definition) is 4. The highest BCUT2D eigenvalue weighted by Crippen LogP contribution is 2.27. The molecule has 2 aromatic heterocycles. The zero-order valence-corrected chi connectivity index (χ0v) is 13.9. The van der Waals surface area contributed by atoms with Gasteiger partial charge < -0.3 is 14.9 Å². The summed E-state index contributed by atoms with van der Waals surface area (Å²) in [6.45, 7) is 3.68. The number of benzene rings is 1. The Labute approximate surface area is 143 Å². The molecule has 0 saturated carbocycles. The Morgan fingerprint density at radius 2 is 1.96 bits per heavy atom. The quantitative estimate of drug-likeness (QED) is 0.738. The van der Waals surface area contributed by atoms with E-state index in [1.54, 1.807) is 31.2 Å². The van der Waals surface area contributed by atoms with Gasteiger partial charge in [-0.15, -0.1) is 0 Å². The van der Waals surface area contributed by atoms with Crippen LogP contribution in [-0.2, 0) is 11.2 Å². The lowest BCUT2D eigenvalue weighted by Gasteiger charge is -2.06. The number of aliphatic carboxylic acids is 1. The number of pyridine rings is 1. The molecule has 6 heteroatoms. The molecule has 0 fully saturated rings. The summed E-state index contributed by atoms with van der Waals surface area (Å²) in [6, 6.07) is 8.56. The minimum atomic E-state index is -1.27. The van der Waals surface area contributed by atoms with Crippen molar-refractivity contribution in [2.45, 2.75) is 20.3 Å². The normalized spacial score (nSPS) is 11.0. The van der Waals surface area contributed by atoms with Crippen molar-refractivity contribution in [2.75, 3.05) is 0 Å². The van der Waals surface area contributed by atoms with Gasteiger partial charge in [0.05, 0.1) is 5.69 Å². The van der Waals surface area contributed by atoms with E-state index in [9.17, 15) is 14.7 Å². The zero-order valence-electron chi connectivity index (χ0n) is 13.1. The van der Waals surface area contributed by atoms with E-state index in [1.165, 1.54) is 0 Å². The van der Waals surface area contributed by atoms with Crippen molar-refractivity contribution in [3.8, 4) is 0 Å². The summed E-state index contributed by atoms with van der Waals surface area (Å²) in [5.41, 5.74) is 3.10. The number of carbonyl (C=O) groups is 2. The van der Waals surface area contributed by atoms with Crippen LogP contribution in [0.15, 0.2) is 30.3 Å². The molecular weight excluding hydrogens is 328 g/mol. The Bertz CT molecular complexity index is 956. The van der Waals surface area contributed by atoms with Crippen molar-refractivity contribution >= 4 is 34.3 Å².